The zero-order chi connectivity index (χ0) is 20.9. The number of nitrogens with zero attached hydrogens (tertiary/aromatic N) is 4. The maximum atomic E-state index is 13.0. The zero-order valence-corrected chi connectivity index (χ0v) is 15.4. The van der Waals surface area contributed by atoms with Gasteiger partial charge in [-0.3, -0.25) is 4.79 Å². The van der Waals surface area contributed by atoms with Gasteiger partial charge in [-0.2, -0.15) is 18.3 Å². The molecule has 150 valence electrons. The van der Waals surface area contributed by atoms with Gasteiger partial charge in [0.2, 0.25) is 0 Å². The van der Waals surface area contributed by atoms with Crippen molar-refractivity contribution in [1.29, 1.82) is 0 Å². The van der Waals surface area contributed by atoms with Crippen LogP contribution in [0.5, 0.6) is 0 Å². The van der Waals surface area contributed by atoms with Crippen LogP contribution in [0.3, 0.4) is 0 Å². The molecular weight excluding hydrogens is 388 g/mol. The quantitative estimate of drug-likeness (QED) is 0.483. The molecule has 0 aliphatic carbocycles. The van der Waals surface area contributed by atoms with E-state index in [1.54, 1.807) is 10.7 Å². The molecule has 1 aliphatic heterocycles. The number of likely N-dealkylation sites (tertiary alicyclic amines) is 1. The first-order valence-corrected chi connectivity index (χ1v) is 8.82. The van der Waals surface area contributed by atoms with Crippen molar-refractivity contribution >= 4 is 16.9 Å². The van der Waals surface area contributed by atoms with Crippen LogP contribution in [0.1, 0.15) is 17.3 Å². The van der Waals surface area contributed by atoms with Gasteiger partial charge in [0, 0.05) is 29.7 Å². The lowest BCUT2D eigenvalue weighted by molar-refractivity contribution is -0.137. The molecule has 0 N–H and O–H groups in total. The number of aryl methyl sites for hydroxylation is 1. The van der Waals surface area contributed by atoms with Gasteiger partial charge >= 0.3 is 6.18 Å². The Balaban J connectivity index is 1.72. The molecular formula is C20H16F4N4O. The molecule has 3 aromatic rings. The van der Waals surface area contributed by atoms with E-state index in [4.69, 9.17) is 0 Å². The van der Waals surface area contributed by atoms with Crippen LogP contribution >= 0.6 is 0 Å². The predicted octanol–water partition coefficient (Wildman–Crippen LogP) is 4.29. The third kappa shape index (κ3) is 3.37. The van der Waals surface area contributed by atoms with Gasteiger partial charge in [0.25, 0.3) is 5.91 Å². The summed E-state index contributed by atoms with van der Waals surface area (Å²) in [6, 6.07) is 8.18. The van der Waals surface area contributed by atoms with Crippen LogP contribution in [-0.4, -0.2) is 38.7 Å². The smallest absolute Gasteiger partial charge is 0.332 e. The molecule has 3 heterocycles. The summed E-state index contributed by atoms with van der Waals surface area (Å²) in [5, 5.41) is 5.26. The topological polar surface area (TPSA) is 51.0 Å². The van der Waals surface area contributed by atoms with Crippen LogP contribution in [0.4, 0.5) is 17.6 Å². The number of carbonyl (C=O) groups is 1. The van der Waals surface area contributed by atoms with Crippen molar-refractivity contribution < 1.29 is 22.4 Å². The minimum atomic E-state index is -4.42. The van der Waals surface area contributed by atoms with E-state index in [1.165, 1.54) is 17.0 Å². The second-order valence-electron chi connectivity index (χ2n) is 6.96. The highest BCUT2D eigenvalue weighted by atomic mass is 19.4. The monoisotopic (exact) mass is 404 g/mol. The molecule has 4 rings (SSSR count). The lowest BCUT2D eigenvalue weighted by atomic mass is 10.1. The SMILES string of the molecule is C=C(F)C(=O)N1CC(n2nc(-c3ccc(C(F)(F)F)cc3)c3ccc(C)nc32)C1. The molecule has 1 aromatic carbocycles. The van der Waals surface area contributed by atoms with E-state index >= 15 is 0 Å². The molecule has 0 saturated carbocycles. The van der Waals surface area contributed by atoms with E-state index in [9.17, 15) is 22.4 Å². The van der Waals surface area contributed by atoms with E-state index in [0.717, 1.165) is 17.8 Å². The Bertz CT molecular complexity index is 1110. The first kappa shape index (κ1) is 19.1. The molecule has 0 unspecified atom stereocenters. The van der Waals surface area contributed by atoms with Crippen LogP contribution in [-0.2, 0) is 11.0 Å². The number of carbonyl (C=O) groups excluding carboxylic acids is 1. The predicted molar refractivity (Wildman–Crippen MR) is 98.6 cm³/mol. The van der Waals surface area contributed by atoms with E-state index in [1.807, 2.05) is 13.0 Å². The molecule has 1 amide bonds. The Morgan fingerprint density at radius 1 is 1.14 bits per heavy atom. The Morgan fingerprint density at radius 3 is 2.38 bits per heavy atom. The summed E-state index contributed by atoms with van der Waals surface area (Å²) < 4.78 is 53.2. The minimum Gasteiger partial charge on any atom is -0.332 e. The van der Waals surface area contributed by atoms with Crippen molar-refractivity contribution in [3.05, 3.63) is 60.1 Å². The molecule has 5 nitrogen and oxygen atoms in total. The number of alkyl halides is 3. The Labute approximate surface area is 163 Å². The number of pyridine rings is 1. The van der Waals surface area contributed by atoms with Crippen molar-refractivity contribution in [3.63, 3.8) is 0 Å². The van der Waals surface area contributed by atoms with Gasteiger partial charge in [0.1, 0.15) is 5.69 Å². The number of benzene rings is 1. The molecule has 0 bridgehead atoms. The van der Waals surface area contributed by atoms with Gasteiger partial charge in [0.05, 0.1) is 11.6 Å². The largest absolute Gasteiger partial charge is 0.416 e. The number of hydrogen-bond acceptors (Lipinski definition) is 3. The molecule has 1 aliphatic rings. The van der Waals surface area contributed by atoms with Crippen LogP contribution in [0.2, 0.25) is 0 Å². The number of fused-ring (bicyclic) bond motifs is 1. The first-order valence-electron chi connectivity index (χ1n) is 8.82. The molecule has 0 spiro atoms. The second kappa shape index (κ2) is 6.68. The highest BCUT2D eigenvalue weighted by Crippen LogP contribution is 2.34. The molecule has 0 atom stereocenters. The maximum Gasteiger partial charge on any atom is 0.416 e. The Hall–Kier alpha value is -3.23. The highest BCUT2D eigenvalue weighted by Gasteiger charge is 2.35. The molecule has 1 fully saturated rings. The van der Waals surface area contributed by atoms with Gasteiger partial charge in [-0.15, -0.1) is 0 Å². The van der Waals surface area contributed by atoms with E-state index in [2.05, 4.69) is 16.7 Å². The van der Waals surface area contributed by atoms with Gasteiger partial charge in [-0.1, -0.05) is 18.7 Å². The fraction of sp³-hybridized carbons (Fsp3) is 0.250. The normalized spacial score (nSPS) is 14.9. The van der Waals surface area contributed by atoms with E-state index < -0.39 is 23.5 Å². The van der Waals surface area contributed by atoms with Crippen molar-refractivity contribution in [1.82, 2.24) is 19.7 Å². The van der Waals surface area contributed by atoms with Crippen molar-refractivity contribution in [2.75, 3.05) is 13.1 Å². The van der Waals surface area contributed by atoms with Gasteiger partial charge in [-0.05, 0) is 31.2 Å². The summed E-state index contributed by atoms with van der Waals surface area (Å²) in [4.78, 5) is 17.5. The summed E-state index contributed by atoms with van der Waals surface area (Å²) in [6.07, 6.45) is -4.42. The summed E-state index contributed by atoms with van der Waals surface area (Å²) in [5.74, 6) is -1.78. The number of amides is 1. The summed E-state index contributed by atoms with van der Waals surface area (Å²) in [5.41, 5.74) is 1.61. The first-order chi connectivity index (χ1) is 13.6. The average molecular weight is 404 g/mol. The molecule has 29 heavy (non-hydrogen) atoms. The van der Waals surface area contributed by atoms with Gasteiger partial charge in [0.15, 0.2) is 11.5 Å². The summed E-state index contributed by atoms with van der Waals surface area (Å²) in [6.45, 7) is 5.33. The average Bonchev–Trinajstić information content (AvgIpc) is 2.98. The van der Waals surface area contributed by atoms with Crippen molar-refractivity contribution in [2.24, 2.45) is 0 Å². The highest BCUT2D eigenvalue weighted by molar-refractivity contribution is 5.92. The second-order valence-corrected chi connectivity index (χ2v) is 6.96. The van der Waals surface area contributed by atoms with E-state index in [-0.39, 0.29) is 19.1 Å². The number of rotatable bonds is 3. The molecule has 1 saturated heterocycles. The van der Waals surface area contributed by atoms with Gasteiger partial charge < -0.3 is 4.90 Å². The van der Waals surface area contributed by atoms with Crippen LogP contribution < -0.4 is 0 Å². The Kier molecular flexibility index (Phi) is 4.40. The lowest BCUT2D eigenvalue weighted by Crippen LogP contribution is -2.51. The minimum absolute atomic E-state index is 0.210. The van der Waals surface area contributed by atoms with Crippen LogP contribution in [0, 0.1) is 6.92 Å². The third-order valence-electron chi connectivity index (χ3n) is 4.91. The van der Waals surface area contributed by atoms with E-state index in [0.29, 0.717) is 22.3 Å². The van der Waals surface area contributed by atoms with Crippen molar-refractivity contribution in [2.45, 2.75) is 19.1 Å². The van der Waals surface area contributed by atoms with Crippen LogP contribution in [0.15, 0.2) is 48.8 Å². The van der Waals surface area contributed by atoms with Crippen LogP contribution in [0.25, 0.3) is 22.3 Å². The zero-order valence-electron chi connectivity index (χ0n) is 15.4. The molecule has 0 radical (unpaired) electrons. The fourth-order valence-corrected chi connectivity index (χ4v) is 3.34. The van der Waals surface area contributed by atoms with Gasteiger partial charge in [-0.25, -0.2) is 14.1 Å². The molecule has 9 heteroatoms. The standard InChI is InChI=1S/C20H16F4N4O/c1-11-3-8-16-17(13-4-6-14(7-5-13)20(22,23)24)26-28(18(16)25-11)15-9-27(10-15)19(29)12(2)21/h3-8,15H,2,9-10H2,1H3. The lowest BCUT2D eigenvalue weighted by Gasteiger charge is -2.38. The number of hydrogen-bond donors (Lipinski definition) is 0. The summed E-state index contributed by atoms with van der Waals surface area (Å²) >= 11 is 0. The molecule has 2 aromatic heterocycles. The van der Waals surface area contributed by atoms with Crippen molar-refractivity contribution in [3.8, 4) is 11.3 Å². The third-order valence-corrected chi connectivity index (χ3v) is 4.91. The summed E-state index contributed by atoms with van der Waals surface area (Å²) in [7, 11) is 0. The maximum absolute atomic E-state index is 13.0. The number of aromatic nitrogens is 3. The fourth-order valence-electron chi connectivity index (χ4n) is 3.34. The Morgan fingerprint density at radius 2 is 1.79 bits per heavy atom. The number of halogens is 4.